The molecule has 1 aliphatic rings. The van der Waals surface area contributed by atoms with Crippen molar-refractivity contribution in [3.05, 3.63) is 139 Å². The number of rotatable bonds is 9. The van der Waals surface area contributed by atoms with E-state index in [1.807, 2.05) is 69.3 Å². The van der Waals surface area contributed by atoms with Crippen LogP contribution in [0.25, 0.3) is 5.70 Å². The second kappa shape index (κ2) is 13.9. The molecule has 0 bridgehead atoms. The summed E-state index contributed by atoms with van der Waals surface area (Å²) in [5, 5.41) is 7.99. The van der Waals surface area contributed by atoms with Gasteiger partial charge in [-0.25, -0.2) is 9.98 Å². The smallest absolute Gasteiger partial charge is 0.382 e. The Morgan fingerprint density at radius 3 is 1.67 bits per heavy atom. The number of hydrogen-bond donors (Lipinski definition) is 2. The normalized spacial score (nSPS) is 12.6. The Morgan fingerprint density at radius 2 is 1.12 bits per heavy atom. The van der Waals surface area contributed by atoms with Crippen LogP contribution >= 0.6 is 46.4 Å². The summed E-state index contributed by atoms with van der Waals surface area (Å²) in [6, 6.07) is 25.8. The van der Waals surface area contributed by atoms with Crippen molar-refractivity contribution in [1.29, 1.82) is 0 Å². The third-order valence-electron chi connectivity index (χ3n) is 7.85. The van der Waals surface area contributed by atoms with Crippen LogP contribution in [0.4, 0.5) is 5.69 Å². The molecule has 48 heavy (non-hydrogen) atoms. The lowest BCUT2D eigenvalue weighted by atomic mass is 10.00. The van der Waals surface area contributed by atoms with Gasteiger partial charge in [-0.05, 0) is 61.7 Å². The zero-order valence-corrected chi connectivity index (χ0v) is 29.3. The summed E-state index contributed by atoms with van der Waals surface area (Å²) >= 11 is 26.8. The highest BCUT2D eigenvalue weighted by molar-refractivity contribution is 6.37. The highest BCUT2D eigenvalue weighted by atomic mass is 35.5. The molecule has 0 aromatic heterocycles. The van der Waals surface area contributed by atoms with Gasteiger partial charge in [0, 0.05) is 6.04 Å². The largest absolute Gasteiger partial charge is 0.452 e. The number of ether oxygens (including phenoxy) is 3. The van der Waals surface area contributed by atoms with Gasteiger partial charge in [0.05, 0.1) is 25.7 Å². The fourth-order valence-electron chi connectivity index (χ4n) is 5.49. The van der Waals surface area contributed by atoms with Gasteiger partial charge in [-0.15, -0.1) is 0 Å². The Morgan fingerprint density at radius 1 is 0.625 bits per heavy atom. The second-order valence-corrected chi connectivity index (χ2v) is 12.8. The van der Waals surface area contributed by atoms with Crippen LogP contribution in [0, 0.1) is 13.8 Å². The monoisotopic (exact) mass is 716 g/mol. The number of benzene rings is 5. The predicted molar refractivity (Wildman–Crippen MR) is 200 cm³/mol. The average molecular weight is 718 g/mol. The molecule has 6 rings (SSSR count). The van der Waals surface area contributed by atoms with Gasteiger partial charge in [0.2, 0.25) is 5.75 Å². The first-order valence-corrected chi connectivity index (χ1v) is 16.4. The maximum atomic E-state index is 6.85. The van der Waals surface area contributed by atoms with Crippen LogP contribution in [0.5, 0.6) is 34.5 Å². The molecule has 1 atom stereocenters. The minimum atomic E-state index is -0.235. The maximum Gasteiger partial charge on any atom is 0.382 e. The first-order valence-electron chi connectivity index (χ1n) is 14.9. The van der Waals surface area contributed by atoms with Gasteiger partial charge in [-0.1, -0.05) is 114 Å². The molecule has 0 spiro atoms. The van der Waals surface area contributed by atoms with Crippen molar-refractivity contribution in [1.82, 2.24) is 9.98 Å². The van der Waals surface area contributed by atoms with Gasteiger partial charge in [-0.2, -0.15) is 0 Å². The van der Waals surface area contributed by atoms with E-state index in [4.69, 9.17) is 60.6 Å². The van der Waals surface area contributed by atoms with E-state index in [-0.39, 0.29) is 54.9 Å². The number of amidine groups is 1. The van der Waals surface area contributed by atoms with E-state index in [0.717, 1.165) is 16.7 Å². The van der Waals surface area contributed by atoms with Gasteiger partial charge in [0.1, 0.15) is 22.7 Å². The Labute approximate surface area is 299 Å². The van der Waals surface area contributed by atoms with E-state index >= 15 is 0 Å². The summed E-state index contributed by atoms with van der Waals surface area (Å²) in [4.78, 5) is 0. The third kappa shape index (κ3) is 6.34. The van der Waals surface area contributed by atoms with Gasteiger partial charge >= 0.3 is 5.84 Å². The van der Waals surface area contributed by atoms with Crippen molar-refractivity contribution in [2.24, 2.45) is 0 Å². The Balaban J connectivity index is 1.74. The standard InChI is InChI=1S/C38H29Cl4N3O3/c1-20-12-9-13-21(2)32(20)46-35-29-23(4)45-38(43-5)30(29)31(44-22(3)24-14-7-6-8-15-24)36(47-33-25(39)16-10-17-26(33)40)37(35)48-34-27(41)18-11-19-28(34)42/h6-19,22H,4-5H2,1-3H3,(H,44,45)/p+1. The van der Waals surface area contributed by atoms with Crippen molar-refractivity contribution in [3.63, 3.8) is 0 Å². The van der Waals surface area contributed by atoms with Gasteiger partial charge in [0.25, 0.3) is 0 Å². The minimum absolute atomic E-state index is 0.137. The fraction of sp³-hybridized carbons (Fsp3) is 0.105. The number of nitrogens with one attached hydrogen (secondary N) is 2. The molecule has 0 saturated carbocycles. The zero-order valence-electron chi connectivity index (χ0n) is 26.3. The summed E-state index contributed by atoms with van der Waals surface area (Å²) in [6.07, 6.45) is 0. The Hall–Kier alpha value is -4.55. The number of halogens is 4. The summed E-state index contributed by atoms with van der Waals surface area (Å²) in [7, 11) is 0. The molecule has 0 amide bonds. The van der Waals surface area contributed by atoms with Crippen LogP contribution in [-0.4, -0.2) is 12.6 Å². The molecule has 0 fully saturated rings. The lowest BCUT2D eigenvalue weighted by Gasteiger charge is -2.26. The highest BCUT2D eigenvalue weighted by Gasteiger charge is 2.42. The summed E-state index contributed by atoms with van der Waals surface area (Å²) in [6.45, 7) is 14.1. The molecular weight excluding hydrogens is 688 g/mol. The maximum absolute atomic E-state index is 6.85. The summed E-state index contributed by atoms with van der Waals surface area (Å²) < 4.78 is 24.6. The van der Waals surface area contributed by atoms with Crippen LogP contribution in [0.1, 0.15) is 40.8 Å². The molecule has 5 aromatic carbocycles. The fourth-order valence-corrected chi connectivity index (χ4v) is 6.44. The van der Waals surface area contributed by atoms with Gasteiger partial charge in [-0.3, -0.25) is 0 Å². The molecule has 10 heteroatoms. The molecule has 0 radical (unpaired) electrons. The van der Waals surface area contributed by atoms with Crippen LogP contribution in [0.3, 0.4) is 0 Å². The van der Waals surface area contributed by atoms with Crippen molar-refractivity contribution in [3.8, 4) is 34.5 Å². The van der Waals surface area contributed by atoms with Crippen LogP contribution in [0.15, 0.2) is 91.5 Å². The first-order chi connectivity index (χ1) is 23.1. The third-order valence-corrected chi connectivity index (χ3v) is 9.04. The van der Waals surface area contributed by atoms with Crippen molar-refractivity contribution in [2.75, 3.05) is 5.32 Å². The zero-order chi connectivity index (χ0) is 34.1. The lowest BCUT2D eigenvalue weighted by molar-refractivity contribution is 0.385. The molecule has 0 aliphatic carbocycles. The topological polar surface area (TPSA) is 65.9 Å². The number of nitrogens with zero attached hydrogens (tertiary/aromatic N) is 1. The van der Waals surface area contributed by atoms with E-state index in [1.165, 1.54) is 0 Å². The molecule has 5 aromatic rings. The van der Waals surface area contributed by atoms with Crippen LogP contribution < -0.4 is 29.5 Å². The van der Waals surface area contributed by atoms with E-state index in [2.05, 4.69) is 28.6 Å². The summed E-state index contributed by atoms with van der Waals surface area (Å²) in [5.41, 5.74) is 4.94. The van der Waals surface area contributed by atoms with E-state index in [1.54, 1.807) is 36.4 Å². The average Bonchev–Trinajstić information content (AvgIpc) is 3.40. The number of fused-ring (bicyclic) bond motifs is 1. The molecular formula is C38H30Cl4N3O3+. The van der Waals surface area contributed by atoms with Crippen molar-refractivity contribution in [2.45, 2.75) is 26.8 Å². The molecule has 2 N–H and O–H groups in total. The molecule has 6 nitrogen and oxygen atoms in total. The molecule has 242 valence electrons. The molecule has 1 unspecified atom stereocenters. The SMILES string of the molecule is C=[N+]=C1NC(=C)c2c(Oc3c(C)cccc3C)c(Oc3c(Cl)cccc3Cl)c(Oc3c(Cl)cccc3Cl)c(NC(C)c3ccccc3)c21. The number of hydrogen-bond acceptors (Lipinski definition) is 4. The predicted octanol–water partition coefficient (Wildman–Crippen LogP) is 11.6. The van der Waals surface area contributed by atoms with Crippen molar-refractivity contribution < 1.29 is 14.2 Å². The highest BCUT2D eigenvalue weighted by Crippen LogP contribution is 2.58. The number of aryl methyl sites for hydroxylation is 2. The van der Waals surface area contributed by atoms with Gasteiger partial charge in [0.15, 0.2) is 29.7 Å². The molecule has 1 heterocycles. The van der Waals surface area contributed by atoms with Crippen LogP contribution in [0.2, 0.25) is 20.1 Å². The van der Waals surface area contributed by atoms with Crippen molar-refractivity contribution >= 4 is 70.3 Å². The number of para-hydroxylation sites is 3. The second-order valence-electron chi connectivity index (χ2n) is 11.1. The van der Waals surface area contributed by atoms with E-state index in [0.29, 0.717) is 34.1 Å². The minimum Gasteiger partial charge on any atom is -0.452 e. The Bertz CT molecular complexity index is 2070. The van der Waals surface area contributed by atoms with E-state index < -0.39 is 0 Å². The number of anilines is 1. The molecule has 0 saturated heterocycles. The molecule has 1 aliphatic heterocycles. The quantitative estimate of drug-likeness (QED) is 0.117. The summed E-state index contributed by atoms with van der Waals surface area (Å²) in [5.74, 6) is 2.02. The lowest BCUT2D eigenvalue weighted by Crippen LogP contribution is -2.19. The van der Waals surface area contributed by atoms with Crippen LogP contribution in [-0.2, 0) is 0 Å². The Kier molecular flexibility index (Phi) is 9.66. The van der Waals surface area contributed by atoms with E-state index in [9.17, 15) is 0 Å². The first kappa shape index (κ1) is 33.4. The van der Waals surface area contributed by atoms with Gasteiger partial charge < -0.3 is 19.5 Å².